The predicted molar refractivity (Wildman–Crippen MR) is 74.5 cm³/mol. The van der Waals surface area contributed by atoms with Gasteiger partial charge >= 0.3 is 5.97 Å². The second kappa shape index (κ2) is 7.33. The average molecular weight is 279 g/mol. The number of nitrogens with zero attached hydrogens (tertiary/aromatic N) is 2. The first kappa shape index (κ1) is 14.9. The Labute approximate surface area is 119 Å². The molecule has 0 aromatic carbocycles. The number of hydrogen-bond donors (Lipinski definition) is 1. The van der Waals surface area contributed by atoms with Gasteiger partial charge in [-0.2, -0.15) is 0 Å². The third kappa shape index (κ3) is 4.26. The average Bonchev–Trinajstić information content (AvgIpc) is 2.47. The molecule has 0 saturated carbocycles. The summed E-state index contributed by atoms with van der Waals surface area (Å²) in [6.07, 6.45) is 1.76. The van der Waals surface area contributed by atoms with Crippen LogP contribution in [-0.4, -0.2) is 62.4 Å². The van der Waals surface area contributed by atoms with E-state index in [4.69, 9.17) is 4.74 Å². The number of ether oxygens (including phenoxy) is 2. The molecular formula is C14H21N3O3. The third-order valence-electron chi connectivity index (χ3n) is 3.27. The maximum absolute atomic E-state index is 11.3. The summed E-state index contributed by atoms with van der Waals surface area (Å²) in [4.78, 5) is 17.8. The number of carbonyl (C=O) groups is 1. The van der Waals surface area contributed by atoms with Gasteiger partial charge in [-0.1, -0.05) is 0 Å². The maximum Gasteiger partial charge on any atom is 0.339 e. The van der Waals surface area contributed by atoms with Crippen LogP contribution in [0.3, 0.4) is 0 Å². The minimum Gasteiger partial charge on any atom is -0.465 e. The SMILES string of the molecule is COC(=O)c1ccc(CNCC2CN(C)CCO2)nc1. The molecule has 0 amide bonds. The van der Waals surface area contributed by atoms with Crippen molar-refractivity contribution in [1.82, 2.24) is 15.2 Å². The van der Waals surface area contributed by atoms with Gasteiger partial charge < -0.3 is 19.7 Å². The smallest absolute Gasteiger partial charge is 0.339 e. The summed E-state index contributed by atoms with van der Waals surface area (Å²) in [5.41, 5.74) is 1.36. The van der Waals surface area contributed by atoms with Crippen molar-refractivity contribution in [2.45, 2.75) is 12.6 Å². The number of pyridine rings is 1. The van der Waals surface area contributed by atoms with Gasteiger partial charge in [0, 0.05) is 32.4 Å². The van der Waals surface area contributed by atoms with Crippen molar-refractivity contribution < 1.29 is 14.3 Å². The molecule has 1 aromatic rings. The molecule has 20 heavy (non-hydrogen) atoms. The minimum atomic E-state index is -0.365. The first-order chi connectivity index (χ1) is 9.69. The largest absolute Gasteiger partial charge is 0.465 e. The Bertz CT molecular complexity index is 436. The Kier molecular flexibility index (Phi) is 5.46. The second-order valence-corrected chi connectivity index (χ2v) is 4.92. The zero-order chi connectivity index (χ0) is 14.4. The molecular weight excluding hydrogens is 258 g/mol. The highest BCUT2D eigenvalue weighted by molar-refractivity contribution is 5.88. The topological polar surface area (TPSA) is 63.7 Å². The Balaban J connectivity index is 1.75. The molecule has 6 heteroatoms. The molecule has 1 N–H and O–H groups in total. The van der Waals surface area contributed by atoms with Crippen LogP contribution < -0.4 is 5.32 Å². The van der Waals surface area contributed by atoms with Gasteiger partial charge in [-0.25, -0.2) is 4.79 Å². The molecule has 0 radical (unpaired) electrons. The zero-order valence-electron chi connectivity index (χ0n) is 12.0. The Morgan fingerprint density at radius 1 is 1.60 bits per heavy atom. The number of nitrogens with one attached hydrogen (secondary N) is 1. The minimum absolute atomic E-state index is 0.225. The van der Waals surface area contributed by atoms with E-state index in [0.717, 1.165) is 31.9 Å². The van der Waals surface area contributed by atoms with Crippen LogP contribution in [-0.2, 0) is 16.0 Å². The summed E-state index contributed by atoms with van der Waals surface area (Å²) in [5.74, 6) is -0.365. The molecule has 1 saturated heterocycles. The fraction of sp³-hybridized carbons (Fsp3) is 0.571. The van der Waals surface area contributed by atoms with E-state index in [1.165, 1.54) is 13.3 Å². The summed E-state index contributed by atoms with van der Waals surface area (Å²) < 4.78 is 10.3. The van der Waals surface area contributed by atoms with Crippen LogP contribution in [0.4, 0.5) is 0 Å². The van der Waals surface area contributed by atoms with Gasteiger partial charge in [-0.15, -0.1) is 0 Å². The van der Waals surface area contributed by atoms with E-state index in [9.17, 15) is 4.79 Å². The Morgan fingerprint density at radius 3 is 3.10 bits per heavy atom. The predicted octanol–water partition coefficient (Wildman–Crippen LogP) is 0.288. The normalized spacial score (nSPS) is 19.8. The van der Waals surface area contributed by atoms with E-state index in [0.29, 0.717) is 12.1 Å². The number of carbonyl (C=O) groups excluding carboxylic acids is 1. The van der Waals surface area contributed by atoms with Crippen molar-refractivity contribution in [2.75, 3.05) is 40.4 Å². The van der Waals surface area contributed by atoms with Gasteiger partial charge in [0.15, 0.2) is 0 Å². The van der Waals surface area contributed by atoms with E-state index in [1.54, 1.807) is 6.07 Å². The lowest BCUT2D eigenvalue weighted by atomic mass is 10.2. The van der Waals surface area contributed by atoms with Crippen molar-refractivity contribution in [3.63, 3.8) is 0 Å². The van der Waals surface area contributed by atoms with Crippen LogP contribution in [0.15, 0.2) is 18.3 Å². The third-order valence-corrected chi connectivity index (χ3v) is 3.27. The lowest BCUT2D eigenvalue weighted by molar-refractivity contribution is -0.0182. The summed E-state index contributed by atoms with van der Waals surface area (Å²) in [7, 11) is 3.46. The molecule has 0 bridgehead atoms. The monoisotopic (exact) mass is 279 g/mol. The molecule has 1 fully saturated rings. The van der Waals surface area contributed by atoms with Gasteiger partial charge in [0.05, 0.1) is 31.1 Å². The van der Waals surface area contributed by atoms with Crippen molar-refractivity contribution in [1.29, 1.82) is 0 Å². The van der Waals surface area contributed by atoms with Crippen LogP contribution in [0.1, 0.15) is 16.1 Å². The van der Waals surface area contributed by atoms with E-state index < -0.39 is 0 Å². The van der Waals surface area contributed by atoms with E-state index in [-0.39, 0.29) is 12.1 Å². The van der Waals surface area contributed by atoms with Crippen molar-refractivity contribution in [3.05, 3.63) is 29.6 Å². The molecule has 1 aliphatic heterocycles. The molecule has 0 spiro atoms. The number of likely N-dealkylation sites (N-methyl/N-ethyl adjacent to an activating group) is 1. The fourth-order valence-electron chi connectivity index (χ4n) is 2.12. The summed E-state index contributed by atoms with van der Waals surface area (Å²) in [6.45, 7) is 4.18. The molecule has 1 unspecified atom stereocenters. The molecule has 1 aliphatic rings. The van der Waals surface area contributed by atoms with Gasteiger partial charge in [-0.05, 0) is 19.2 Å². The molecule has 2 rings (SSSR count). The second-order valence-electron chi connectivity index (χ2n) is 4.92. The molecule has 110 valence electrons. The Hall–Kier alpha value is -1.50. The van der Waals surface area contributed by atoms with Crippen molar-refractivity contribution in [3.8, 4) is 0 Å². The maximum atomic E-state index is 11.3. The van der Waals surface area contributed by atoms with Gasteiger partial charge in [0.1, 0.15) is 0 Å². The van der Waals surface area contributed by atoms with Crippen LogP contribution >= 0.6 is 0 Å². The number of esters is 1. The first-order valence-corrected chi connectivity index (χ1v) is 6.73. The molecule has 1 aromatic heterocycles. The van der Waals surface area contributed by atoms with Crippen molar-refractivity contribution >= 4 is 5.97 Å². The van der Waals surface area contributed by atoms with Crippen LogP contribution in [0.25, 0.3) is 0 Å². The highest BCUT2D eigenvalue weighted by atomic mass is 16.5. The van der Waals surface area contributed by atoms with Crippen LogP contribution in [0.2, 0.25) is 0 Å². The summed E-state index contributed by atoms with van der Waals surface area (Å²) in [5, 5.41) is 3.32. The number of hydrogen-bond acceptors (Lipinski definition) is 6. The molecule has 2 heterocycles. The Morgan fingerprint density at radius 2 is 2.45 bits per heavy atom. The molecule has 6 nitrogen and oxygen atoms in total. The molecule has 0 aliphatic carbocycles. The highest BCUT2D eigenvalue weighted by Crippen LogP contribution is 2.04. The molecule has 1 atom stereocenters. The van der Waals surface area contributed by atoms with E-state index in [2.05, 4.69) is 27.0 Å². The highest BCUT2D eigenvalue weighted by Gasteiger charge is 2.16. The first-order valence-electron chi connectivity index (χ1n) is 6.73. The lowest BCUT2D eigenvalue weighted by Crippen LogP contribution is -2.44. The van der Waals surface area contributed by atoms with E-state index >= 15 is 0 Å². The number of rotatable bonds is 5. The van der Waals surface area contributed by atoms with Crippen LogP contribution in [0.5, 0.6) is 0 Å². The van der Waals surface area contributed by atoms with Gasteiger partial charge in [-0.3, -0.25) is 4.98 Å². The van der Waals surface area contributed by atoms with Gasteiger partial charge in [0.25, 0.3) is 0 Å². The van der Waals surface area contributed by atoms with Crippen molar-refractivity contribution in [2.24, 2.45) is 0 Å². The quantitative estimate of drug-likeness (QED) is 0.782. The number of methoxy groups -OCH3 is 1. The fourth-order valence-corrected chi connectivity index (χ4v) is 2.12. The van der Waals surface area contributed by atoms with Gasteiger partial charge in [0.2, 0.25) is 0 Å². The van der Waals surface area contributed by atoms with E-state index in [1.807, 2.05) is 6.07 Å². The lowest BCUT2D eigenvalue weighted by Gasteiger charge is -2.30. The number of morpholine rings is 1. The summed E-state index contributed by atoms with van der Waals surface area (Å²) in [6, 6.07) is 3.55. The standard InChI is InChI=1S/C14H21N3O3/c1-17-5-6-20-13(10-17)9-15-8-12-4-3-11(7-16-12)14(18)19-2/h3-4,7,13,15H,5-6,8-10H2,1-2H3. The number of aromatic nitrogens is 1. The zero-order valence-corrected chi connectivity index (χ0v) is 12.0. The van der Waals surface area contributed by atoms with Crippen LogP contribution in [0, 0.1) is 0 Å². The summed E-state index contributed by atoms with van der Waals surface area (Å²) >= 11 is 0.